The van der Waals surface area contributed by atoms with Gasteiger partial charge in [0.25, 0.3) is 0 Å². The smallest absolute Gasteiger partial charge is 0.0221 e. The zero-order valence-electron chi connectivity index (χ0n) is 12.2. The first-order valence-electron chi connectivity index (χ1n) is 6.29. The summed E-state index contributed by atoms with van der Waals surface area (Å²) in [6, 6.07) is 6.54. The first-order chi connectivity index (χ1) is 8.07. The number of rotatable bonds is 3. The quantitative estimate of drug-likeness (QED) is 0.762. The van der Waals surface area contributed by atoms with E-state index in [0.29, 0.717) is 0 Å². The summed E-state index contributed by atoms with van der Waals surface area (Å²) in [5.74, 6) is 0. The molecule has 1 rings (SSSR count). The van der Waals surface area contributed by atoms with Crippen LogP contribution < -0.4 is 5.32 Å². The Labute approximate surface area is 124 Å². The van der Waals surface area contributed by atoms with Crippen LogP contribution in [0.5, 0.6) is 0 Å². The van der Waals surface area contributed by atoms with Crippen molar-refractivity contribution in [3.05, 3.63) is 28.2 Å². The highest BCUT2D eigenvalue weighted by Crippen LogP contribution is 2.35. The topological polar surface area (TPSA) is 12.0 Å². The van der Waals surface area contributed by atoms with Crippen LogP contribution in [0.1, 0.15) is 47.1 Å². The third kappa shape index (κ3) is 6.26. The molecule has 0 heterocycles. The van der Waals surface area contributed by atoms with Gasteiger partial charge in [-0.1, -0.05) is 36.7 Å². The van der Waals surface area contributed by atoms with Crippen molar-refractivity contribution in [2.75, 3.05) is 0 Å². The summed E-state index contributed by atoms with van der Waals surface area (Å²) in [6.07, 6.45) is 0. The van der Waals surface area contributed by atoms with Crippen LogP contribution in [0.25, 0.3) is 0 Å². The van der Waals surface area contributed by atoms with Crippen LogP contribution in [0.3, 0.4) is 0 Å². The second-order valence-electron chi connectivity index (χ2n) is 6.57. The van der Waals surface area contributed by atoms with Gasteiger partial charge in [-0.15, -0.1) is 11.8 Å². The molecule has 102 valence electrons. The summed E-state index contributed by atoms with van der Waals surface area (Å²) < 4.78 is 1.39. The standard InChI is InChI=1S/C15H24BrNS/c1-14(2,3)17-10-11-9-12(16)7-8-13(11)18-15(4,5)6/h7-9,17H,10H2,1-6H3. The van der Waals surface area contributed by atoms with Crippen molar-refractivity contribution in [2.45, 2.75) is 63.3 Å². The lowest BCUT2D eigenvalue weighted by atomic mass is 10.1. The van der Waals surface area contributed by atoms with Gasteiger partial charge in [-0.3, -0.25) is 0 Å². The first-order valence-corrected chi connectivity index (χ1v) is 7.90. The lowest BCUT2D eigenvalue weighted by molar-refractivity contribution is 0.422. The maximum absolute atomic E-state index is 3.56. The molecular weight excluding hydrogens is 306 g/mol. The van der Waals surface area contributed by atoms with Crippen molar-refractivity contribution in [1.82, 2.24) is 5.32 Å². The van der Waals surface area contributed by atoms with Crippen molar-refractivity contribution in [1.29, 1.82) is 0 Å². The maximum atomic E-state index is 3.56. The number of benzene rings is 1. The van der Waals surface area contributed by atoms with Crippen LogP contribution in [0.15, 0.2) is 27.6 Å². The molecule has 3 heteroatoms. The second kappa shape index (κ2) is 5.98. The Morgan fingerprint density at radius 3 is 2.22 bits per heavy atom. The van der Waals surface area contributed by atoms with Gasteiger partial charge in [0.15, 0.2) is 0 Å². The molecule has 1 aromatic carbocycles. The SMILES string of the molecule is CC(C)(C)NCc1cc(Br)ccc1SC(C)(C)C. The van der Waals surface area contributed by atoms with E-state index in [9.17, 15) is 0 Å². The van der Waals surface area contributed by atoms with Crippen molar-refractivity contribution >= 4 is 27.7 Å². The van der Waals surface area contributed by atoms with Crippen LogP contribution in [-0.2, 0) is 6.54 Å². The van der Waals surface area contributed by atoms with Gasteiger partial charge in [-0.2, -0.15) is 0 Å². The van der Waals surface area contributed by atoms with Crippen LogP contribution in [0.2, 0.25) is 0 Å². The highest BCUT2D eigenvalue weighted by atomic mass is 79.9. The highest BCUT2D eigenvalue weighted by Gasteiger charge is 2.16. The van der Waals surface area contributed by atoms with Gasteiger partial charge in [-0.25, -0.2) is 0 Å². The van der Waals surface area contributed by atoms with Gasteiger partial charge >= 0.3 is 0 Å². The molecule has 1 aromatic rings. The molecule has 0 spiro atoms. The Bertz CT molecular complexity index is 402. The first kappa shape index (κ1) is 16.1. The lowest BCUT2D eigenvalue weighted by Gasteiger charge is -2.24. The third-order valence-electron chi connectivity index (χ3n) is 2.25. The predicted molar refractivity (Wildman–Crippen MR) is 86.3 cm³/mol. The number of hydrogen-bond acceptors (Lipinski definition) is 2. The average Bonchev–Trinajstić information content (AvgIpc) is 2.15. The number of hydrogen-bond donors (Lipinski definition) is 1. The van der Waals surface area contributed by atoms with Crippen LogP contribution in [-0.4, -0.2) is 10.3 Å². The third-order valence-corrected chi connectivity index (χ3v) is 3.97. The monoisotopic (exact) mass is 329 g/mol. The minimum absolute atomic E-state index is 0.145. The summed E-state index contributed by atoms with van der Waals surface area (Å²) in [5, 5.41) is 3.56. The summed E-state index contributed by atoms with van der Waals surface area (Å²) in [6.45, 7) is 14.2. The van der Waals surface area contributed by atoms with Crippen molar-refractivity contribution in [2.24, 2.45) is 0 Å². The predicted octanol–water partition coefficient (Wildman–Crippen LogP) is 5.23. The molecule has 1 nitrogen and oxygen atoms in total. The lowest BCUT2D eigenvalue weighted by Crippen LogP contribution is -2.35. The minimum Gasteiger partial charge on any atom is -0.308 e. The minimum atomic E-state index is 0.145. The fourth-order valence-electron chi connectivity index (χ4n) is 1.48. The Hall–Kier alpha value is 0.01000. The average molecular weight is 330 g/mol. The summed E-state index contributed by atoms with van der Waals surface area (Å²) in [4.78, 5) is 1.36. The summed E-state index contributed by atoms with van der Waals surface area (Å²) in [7, 11) is 0. The summed E-state index contributed by atoms with van der Waals surface area (Å²) >= 11 is 5.49. The molecule has 0 bridgehead atoms. The van der Waals surface area contributed by atoms with Crippen molar-refractivity contribution in [3.8, 4) is 0 Å². The summed E-state index contributed by atoms with van der Waals surface area (Å²) in [5.41, 5.74) is 1.51. The van der Waals surface area contributed by atoms with Gasteiger partial charge in [0.05, 0.1) is 0 Å². The molecular formula is C15H24BrNS. The number of halogens is 1. The van der Waals surface area contributed by atoms with E-state index in [1.54, 1.807) is 0 Å². The van der Waals surface area contributed by atoms with E-state index in [2.05, 4.69) is 81.0 Å². The van der Waals surface area contributed by atoms with E-state index in [4.69, 9.17) is 0 Å². The van der Waals surface area contributed by atoms with Crippen molar-refractivity contribution in [3.63, 3.8) is 0 Å². The molecule has 1 N–H and O–H groups in total. The van der Waals surface area contributed by atoms with E-state index in [0.717, 1.165) is 11.0 Å². The largest absolute Gasteiger partial charge is 0.308 e. The van der Waals surface area contributed by atoms with E-state index >= 15 is 0 Å². The van der Waals surface area contributed by atoms with Gasteiger partial charge in [0.2, 0.25) is 0 Å². The Kier molecular flexibility index (Phi) is 5.33. The Morgan fingerprint density at radius 2 is 1.72 bits per heavy atom. The Morgan fingerprint density at radius 1 is 1.11 bits per heavy atom. The molecule has 0 saturated carbocycles. The highest BCUT2D eigenvalue weighted by molar-refractivity contribution is 9.10. The fraction of sp³-hybridized carbons (Fsp3) is 0.600. The maximum Gasteiger partial charge on any atom is 0.0221 e. The van der Waals surface area contributed by atoms with Crippen LogP contribution in [0.4, 0.5) is 0 Å². The zero-order valence-corrected chi connectivity index (χ0v) is 14.6. The molecule has 0 radical (unpaired) electrons. The van der Waals surface area contributed by atoms with Gasteiger partial charge in [0, 0.05) is 26.2 Å². The van der Waals surface area contributed by atoms with E-state index in [1.165, 1.54) is 10.5 Å². The molecule has 0 saturated heterocycles. The zero-order chi connectivity index (χ0) is 14.0. The normalized spacial score (nSPS) is 12.8. The number of thioether (sulfide) groups is 1. The molecule has 0 atom stereocenters. The molecule has 0 amide bonds. The van der Waals surface area contributed by atoms with Gasteiger partial charge in [0.1, 0.15) is 0 Å². The van der Waals surface area contributed by atoms with Crippen molar-refractivity contribution < 1.29 is 0 Å². The van der Waals surface area contributed by atoms with E-state index < -0.39 is 0 Å². The number of nitrogens with one attached hydrogen (secondary N) is 1. The molecule has 0 aliphatic rings. The molecule has 0 aromatic heterocycles. The van der Waals surface area contributed by atoms with Crippen LogP contribution >= 0.6 is 27.7 Å². The second-order valence-corrected chi connectivity index (χ2v) is 9.35. The van der Waals surface area contributed by atoms with Gasteiger partial charge in [-0.05, 0) is 44.5 Å². The van der Waals surface area contributed by atoms with E-state index in [-0.39, 0.29) is 10.3 Å². The van der Waals surface area contributed by atoms with Crippen LogP contribution in [0, 0.1) is 0 Å². The molecule has 0 fully saturated rings. The molecule has 0 unspecified atom stereocenters. The molecule has 0 aliphatic heterocycles. The molecule has 0 aliphatic carbocycles. The van der Waals surface area contributed by atoms with Gasteiger partial charge < -0.3 is 5.32 Å². The van der Waals surface area contributed by atoms with E-state index in [1.807, 2.05) is 11.8 Å². The fourth-order valence-corrected chi connectivity index (χ4v) is 2.94. The molecule has 18 heavy (non-hydrogen) atoms. The Balaban J connectivity index is 2.90.